The number of carboxylic acids is 1. The van der Waals surface area contributed by atoms with Crippen LogP contribution in [0.3, 0.4) is 0 Å². The topological polar surface area (TPSA) is 82.0 Å². The summed E-state index contributed by atoms with van der Waals surface area (Å²) >= 11 is 1.02. The van der Waals surface area contributed by atoms with Gasteiger partial charge in [0.1, 0.15) is 4.21 Å². The lowest BCUT2D eigenvalue weighted by Gasteiger charge is -2.30. The number of carbonyl (C=O) groups excluding carboxylic acids is 1. The van der Waals surface area contributed by atoms with Crippen LogP contribution in [0, 0.1) is 0 Å². The minimum atomic E-state index is -3.49. The Morgan fingerprint density at radius 3 is 2.62 bits per heavy atom. The molecule has 118 valence electrons. The number of hydrogen-bond acceptors (Lipinski definition) is 5. The van der Waals surface area contributed by atoms with Gasteiger partial charge in [-0.2, -0.15) is 4.31 Å². The predicted octanol–water partition coefficient (Wildman–Crippen LogP) is -1.66. The number of quaternary nitrogens is 1. The molecule has 0 bridgehead atoms. The molecule has 21 heavy (non-hydrogen) atoms. The highest BCUT2D eigenvalue weighted by Gasteiger charge is 2.31. The van der Waals surface area contributed by atoms with Crippen LogP contribution in [0.4, 0.5) is 0 Å². The van der Waals surface area contributed by atoms with Crippen molar-refractivity contribution in [2.24, 2.45) is 0 Å². The van der Waals surface area contributed by atoms with E-state index in [4.69, 9.17) is 0 Å². The smallest absolute Gasteiger partial charge is 0.252 e. The summed E-state index contributed by atoms with van der Waals surface area (Å²) in [7, 11) is -3.49. The molecule has 1 fully saturated rings. The highest BCUT2D eigenvalue weighted by atomic mass is 32.2. The Hall–Kier alpha value is -0.960. The molecule has 0 unspecified atom stereocenters. The predicted molar refractivity (Wildman–Crippen MR) is 77.6 cm³/mol. The lowest BCUT2D eigenvalue weighted by Crippen LogP contribution is -3.14. The highest BCUT2D eigenvalue weighted by Crippen LogP contribution is 2.25. The molecule has 8 heteroatoms. The monoisotopic (exact) mass is 332 g/mol. The normalized spacial score (nSPS) is 18.0. The summed E-state index contributed by atoms with van der Waals surface area (Å²) in [6.45, 7) is 5.88. The highest BCUT2D eigenvalue weighted by molar-refractivity contribution is 7.91. The van der Waals surface area contributed by atoms with E-state index in [0.29, 0.717) is 18.0 Å². The summed E-state index contributed by atoms with van der Waals surface area (Å²) in [5.74, 6) is -1.20. The number of nitrogens with zero attached hydrogens (tertiary/aromatic N) is 1. The van der Waals surface area contributed by atoms with Gasteiger partial charge in [-0.3, -0.25) is 0 Å². The fraction of sp³-hybridized carbons (Fsp3) is 0.615. The molecule has 1 N–H and O–H groups in total. The molecule has 1 aromatic heterocycles. The summed E-state index contributed by atoms with van der Waals surface area (Å²) in [5, 5.41) is 10.6. The van der Waals surface area contributed by atoms with Crippen LogP contribution in [0.1, 0.15) is 18.2 Å². The molecule has 0 aliphatic carbocycles. The Bertz CT molecular complexity index is 589. The van der Waals surface area contributed by atoms with Crippen molar-refractivity contribution in [1.29, 1.82) is 0 Å². The molecule has 2 heterocycles. The van der Waals surface area contributed by atoms with Gasteiger partial charge in [0.15, 0.2) is 0 Å². The summed E-state index contributed by atoms with van der Waals surface area (Å²) < 4.78 is 26.8. The lowest BCUT2D eigenvalue weighted by molar-refractivity contribution is -0.903. The van der Waals surface area contributed by atoms with E-state index in [1.807, 2.05) is 0 Å². The zero-order valence-electron chi connectivity index (χ0n) is 12.0. The van der Waals surface area contributed by atoms with E-state index in [-0.39, 0.29) is 10.6 Å². The second-order valence-electron chi connectivity index (χ2n) is 5.17. The van der Waals surface area contributed by atoms with Gasteiger partial charge >= 0.3 is 0 Å². The van der Waals surface area contributed by atoms with Crippen LogP contribution in [0.2, 0.25) is 0 Å². The van der Waals surface area contributed by atoms with Gasteiger partial charge in [0.25, 0.3) is 10.0 Å². The molecule has 2 rings (SSSR count). The van der Waals surface area contributed by atoms with Gasteiger partial charge in [0, 0.05) is 17.3 Å². The van der Waals surface area contributed by atoms with Crippen molar-refractivity contribution in [1.82, 2.24) is 4.31 Å². The molecule has 0 radical (unpaired) electrons. The number of piperazine rings is 1. The molecule has 0 spiro atoms. The Kier molecular flexibility index (Phi) is 5.37. The molecule has 6 nitrogen and oxygen atoms in total. The van der Waals surface area contributed by atoms with E-state index in [9.17, 15) is 18.3 Å². The molecule has 0 aromatic carbocycles. The van der Waals surface area contributed by atoms with Crippen LogP contribution >= 0.6 is 11.3 Å². The van der Waals surface area contributed by atoms with Crippen molar-refractivity contribution < 1.29 is 23.2 Å². The first kappa shape index (κ1) is 16.4. The molecule has 0 amide bonds. The number of thiophene rings is 1. The quantitative estimate of drug-likeness (QED) is 0.676. The van der Waals surface area contributed by atoms with Gasteiger partial charge in [0.2, 0.25) is 0 Å². The molecule has 1 aliphatic heterocycles. The third-order valence-electron chi connectivity index (χ3n) is 3.58. The molecular weight excluding hydrogens is 312 g/mol. The largest absolute Gasteiger partial charge is 0.550 e. The summed E-state index contributed by atoms with van der Waals surface area (Å²) in [6.07, 6.45) is 0.855. The average Bonchev–Trinajstić information content (AvgIpc) is 2.88. The fourth-order valence-corrected chi connectivity index (χ4v) is 5.44. The number of sulfonamides is 1. The lowest BCUT2D eigenvalue weighted by atomic mass is 10.3. The van der Waals surface area contributed by atoms with Gasteiger partial charge in [-0.25, -0.2) is 8.42 Å². The number of carbonyl (C=O) groups is 1. The summed E-state index contributed by atoms with van der Waals surface area (Å²) in [6, 6.07) is 3.04. The number of nitrogens with one attached hydrogen (secondary N) is 1. The van der Waals surface area contributed by atoms with E-state index < -0.39 is 16.0 Å². The number of rotatable bonds is 6. The first-order valence-corrected chi connectivity index (χ1v) is 9.31. The van der Waals surface area contributed by atoms with Gasteiger partial charge < -0.3 is 14.8 Å². The first-order valence-electron chi connectivity index (χ1n) is 7.05. The Morgan fingerprint density at radius 1 is 1.38 bits per heavy atom. The van der Waals surface area contributed by atoms with E-state index in [1.165, 1.54) is 15.3 Å². The zero-order chi connectivity index (χ0) is 15.5. The number of aliphatic carboxylic acids is 1. The van der Waals surface area contributed by atoms with Crippen molar-refractivity contribution in [3.05, 3.63) is 17.0 Å². The second-order valence-corrected chi connectivity index (χ2v) is 8.51. The van der Waals surface area contributed by atoms with Gasteiger partial charge in [0.05, 0.1) is 32.7 Å². The van der Waals surface area contributed by atoms with Crippen molar-refractivity contribution in [3.63, 3.8) is 0 Å². The SMILES string of the molecule is CCC[NH+]1CCN(S(=O)(=O)c2ccc(CC(=O)[O-])s2)CC1. The molecule has 1 aromatic rings. The minimum absolute atomic E-state index is 0.220. The van der Waals surface area contributed by atoms with Crippen LogP contribution in [-0.2, 0) is 21.2 Å². The Morgan fingerprint density at radius 2 is 2.05 bits per heavy atom. The molecular formula is C13H20N2O4S2. The van der Waals surface area contributed by atoms with Crippen molar-refractivity contribution >= 4 is 27.3 Å². The maximum Gasteiger partial charge on any atom is 0.252 e. The second kappa shape index (κ2) is 6.87. The van der Waals surface area contributed by atoms with Crippen LogP contribution in [0.25, 0.3) is 0 Å². The Labute approximate surface area is 129 Å². The fourth-order valence-electron chi connectivity index (χ4n) is 2.51. The van der Waals surface area contributed by atoms with E-state index >= 15 is 0 Å². The standard InChI is InChI=1S/C13H20N2O4S2/c1-2-5-14-6-8-15(9-7-14)21(18,19)13-4-3-11(20-13)10-12(16)17/h3-4H,2,5-10H2,1H3,(H,16,17). The minimum Gasteiger partial charge on any atom is -0.550 e. The van der Waals surface area contributed by atoms with Gasteiger partial charge in [-0.05, 0) is 18.6 Å². The number of carboxylic acid groups (broad SMARTS) is 1. The van der Waals surface area contributed by atoms with Gasteiger partial charge in [-0.15, -0.1) is 11.3 Å². The van der Waals surface area contributed by atoms with Crippen LogP contribution in [0.15, 0.2) is 16.3 Å². The Balaban J connectivity index is 2.05. The first-order chi connectivity index (χ1) is 9.93. The maximum atomic E-state index is 12.5. The van der Waals surface area contributed by atoms with Gasteiger partial charge in [-0.1, -0.05) is 6.92 Å². The van der Waals surface area contributed by atoms with E-state index in [2.05, 4.69) is 6.92 Å². The van der Waals surface area contributed by atoms with E-state index in [0.717, 1.165) is 37.4 Å². The summed E-state index contributed by atoms with van der Waals surface area (Å²) in [4.78, 5) is 12.5. The third kappa shape index (κ3) is 4.03. The van der Waals surface area contributed by atoms with Crippen molar-refractivity contribution in [2.75, 3.05) is 32.7 Å². The zero-order valence-corrected chi connectivity index (χ0v) is 13.6. The van der Waals surface area contributed by atoms with E-state index in [1.54, 1.807) is 6.07 Å². The van der Waals surface area contributed by atoms with Crippen molar-refractivity contribution in [3.8, 4) is 0 Å². The summed E-state index contributed by atoms with van der Waals surface area (Å²) in [5.41, 5.74) is 0. The molecule has 1 saturated heterocycles. The maximum absolute atomic E-state index is 12.5. The van der Waals surface area contributed by atoms with Crippen LogP contribution in [-0.4, -0.2) is 51.4 Å². The van der Waals surface area contributed by atoms with Crippen LogP contribution in [0.5, 0.6) is 0 Å². The average molecular weight is 332 g/mol. The molecule has 1 aliphatic rings. The molecule has 0 saturated carbocycles. The number of hydrogen-bond donors (Lipinski definition) is 1. The molecule has 0 atom stereocenters. The third-order valence-corrected chi connectivity index (χ3v) is 7.03. The van der Waals surface area contributed by atoms with Crippen LogP contribution < -0.4 is 10.0 Å². The van der Waals surface area contributed by atoms with Crippen molar-refractivity contribution in [2.45, 2.75) is 24.0 Å².